The molecule has 0 unspecified atom stereocenters. The van der Waals surface area contributed by atoms with Crippen molar-refractivity contribution < 1.29 is 9.53 Å². The molecule has 0 radical (unpaired) electrons. The Kier molecular flexibility index (Phi) is 4.71. The average molecular weight is 270 g/mol. The second kappa shape index (κ2) is 6.70. The number of ether oxygens (including phenoxy) is 1. The maximum Gasteiger partial charge on any atom is 0.263 e. The molecule has 1 aromatic carbocycles. The fourth-order valence-electron chi connectivity index (χ4n) is 1.79. The summed E-state index contributed by atoms with van der Waals surface area (Å²) in [6, 6.07) is 11.5. The summed E-state index contributed by atoms with van der Waals surface area (Å²) < 4.78 is 5.48. The van der Waals surface area contributed by atoms with Crippen LogP contribution in [0, 0.1) is 6.92 Å². The zero-order chi connectivity index (χ0) is 14.4. The Morgan fingerprint density at radius 2 is 2.15 bits per heavy atom. The lowest BCUT2D eigenvalue weighted by Crippen LogP contribution is -2.21. The molecule has 4 nitrogen and oxygen atoms in total. The Morgan fingerprint density at radius 1 is 1.30 bits per heavy atom. The van der Waals surface area contributed by atoms with Crippen LogP contribution in [-0.4, -0.2) is 17.5 Å². The minimum atomic E-state index is -0.214. The number of anilines is 1. The molecule has 0 aliphatic heterocycles. The van der Waals surface area contributed by atoms with E-state index >= 15 is 0 Å². The first-order valence-corrected chi connectivity index (χ1v) is 6.62. The Hall–Kier alpha value is -2.36. The van der Waals surface area contributed by atoms with Crippen molar-refractivity contribution in [1.82, 2.24) is 4.98 Å². The third-order valence-corrected chi connectivity index (χ3v) is 2.94. The number of hydrogen-bond donors (Lipinski definition) is 1. The number of benzene rings is 1. The number of rotatable bonds is 5. The van der Waals surface area contributed by atoms with Crippen molar-refractivity contribution in [3.05, 3.63) is 53.7 Å². The van der Waals surface area contributed by atoms with Crippen LogP contribution in [0.4, 0.5) is 5.82 Å². The standard InChI is InChI=1S/C16H18N2O2/c1-3-13-7-4-8-14(10-13)20-11-15(19)18-16-12(2)6-5-9-17-16/h4-10H,3,11H2,1-2H3,(H,17,18,19). The number of nitrogens with zero attached hydrogens (tertiary/aromatic N) is 1. The summed E-state index contributed by atoms with van der Waals surface area (Å²) in [5, 5.41) is 2.73. The second-order valence-electron chi connectivity index (χ2n) is 4.51. The molecule has 1 heterocycles. The summed E-state index contributed by atoms with van der Waals surface area (Å²) in [6.07, 6.45) is 2.59. The number of amides is 1. The molecule has 0 fully saturated rings. The van der Waals surface area contributed by atoms with E-state index in [1.807, 2.05) is 43.3 Å². The normalized spacial score (nSPS) is 10.1. The van der Waals surface area contributed by atoms with Crippen LogP contribution in [0.5, 0.6) is 5.75 Å². The fraction of sp³-hybridized carbons (Fsp3) is 0.250. The van der Waals surface area contributed by atoms with Gasteiger partial charge in [-0.25, -0.2) is 4.98 Å². The van der Waals surface area contributed by atoms with Gasteiger partial charge in [0.05, 0.1) is 0 Å². The van der Waals surface area contributed by atoms with Gasteiger partial charge in [0.15, 0.2) is 6.61 Å². The third kappa shape index (κ3) is 3.82. The van der Waals surface area contributed by atoms with Gasteiger partial charge >= 0.3 is 0 Å². The first kappa shape index (κ1) is 14.1. The molecule has 0 bridgehead atoms. The Morgan fingerprint density at radius 3 is 2.90 bits per heavy atom. The minimum absolute atomic E-state index is 0.0246. The highest BCUT2D eigenvalue weighted by Crippen LogP contribution is 2.14. The number of pyridine rings is 1. The van der Waals surface area contributed by atoms with Crippen LogP contribution in [0.3, 0.4) is 0 Å². The highest BCUT2D eigenvalue weighted by atomic mass is 16.5. The van der Waals surface area contributed by atoms with Gasteiger partial charge in [0.25, 0.3) is 5.91 Å². The van der Waals surface area contributed by atoms with E-state index in [1.165, 1.54) is 5.56 Å². The molecule has 0 saturated carbocycles. The van der Waals surface area contributed by atoms with E-state index in [-0.39, 0.29) is 12.5 Å². The van der Waals surface area contributed by atoms with Gasteiger partial charge < -0.3 is 10.1 Å². The van der Waals surface area contributed by atoms with E-state index in [2.05, 4.69) is 17.2 Å². The van der Waals surface area contributed by atoms with Gasteiger partial charge in [-0.3, -0.25) is 4.79 Å². The number of aromatic nitrogens is 1. The molecular formula is C16H18N2O2. The van der Waals surface area contributed by atoms with E-state index < -0.39 is 0 Å². The van der Waals surface area contributed by atoms with Crippen LogP contribution in [0.15, 0.2) is 42.6 Å². The Bertz CT molecular complexity index is 597. The Labute approximate surface area is 118 Å². The molecule has 4 heteroatoms. The fourth-order valence-corrected chi connectivity index (χ4v) is 1.79. The largest absolute Gasteiger partial charge is 0.484 e. The first-order valence-electron chi connectivity index (χ1n) is 6.62. The van der Waals surface area contributed by atoms with Crippen molar-refractivity contribution in [3.63, 3.8) is 0 Å². The van der Waals surface area contributed by atoms with Gasteiger partial charge in [-0.2, -0.15) is 0 Å². The van der Waals surface area contributed by atoms with Gasteiger partial charge in [0.2, 0.25) is 0 Å². The van der Waals surface area contributed by atoms with Gasteiger partial charge in [0.1, 0.15) is 11.6 Å². The van der Waals surface area contributed by atoms with E-state index in [0.29, 0.717) is 11.6 Å². The van der Waals surface area contributed by atoms with Crippen molar-refractivity contribution >= 4 is 11.7 Å². The zero-order valence-electron chi connectivity index (χ0n) is 11.7. The summed E-state index contributed by atoms with van der Waals surface area (Å²) in [5.74, 6) is 1.06. The number of aryl methyl sites for hydroxylation is 2. The molecule has 104 valence electrons. The van der Waals surface area contributed by atoms with Gasteiger partial charge in [-0.05, 0) is 42.7 Å². The van der Waals surface area contributed by atoms with Crippen molar-refractivity contribution in [3.8, 4) is 5.75 Å². The first-order chi connectivity index (χ1) is 9.69. The highest BCUT2D eigenvalue weighted by molar-refractivity contribution is 5.91. The predicted molar refractivity (Wildman–Crippen MR) is 78.9 cm³/mol. The maximum absolute atomic E-state index is 11.8. The van der Waals surface area contributed by atoms with Gasteiger partial charge in [0, 0.05) is 6.20 Å². The molecule has 0 aliphatic rings. The van der Waals surface area contributed by atoms with Crippen molar-refractivity contribution in [2.24, 2.45) is 0 Å². The number of carbonyl (C=O) groups is 1. The molecule has 1 aromatic heterocycles. The molecule has 20 heavy (non-hydrogen) atoms. The van der Waals surface area contributed by atoms with E-state index in [9.17, 15) is 4.79 Å². The molecular weight excluding hydrogens is 252 g/mol. The lowest BCUT2D eigenvalue weighted by molar-refractivity contribution is -0.118. The molecule has 0 aliphatic carbocycles. The molecule has 2 rings (SSSR count). The Balaban J connectivity index is 1.90. The van der Waals surface area contributed by atoms with Crippen LogP contribution in [0.25, 0.3) is 0 Å². The third-order valence-electron chi connectivity index (χ3n) is 2.94. The monoisotopic (exact) mass is 270 g/mol. The predicted octanol–water partition coefficient (Wildman–Crippen LogP) is 2.97. The number of hydrogen-bond acceptors (Lipinski definition) is 3. The number of carbonyl (C=O) groups excluding carboxylic acids is 1. The van der Waals surface area contributed by atoms with Gasteiger partial charge in [-0.15, -0.1) is 0 Å². The highest BCUT2D eigenvalue weighted by Gasteiger charge is 2.06. The summed E-state index contributed by atoms with van der Waals surface area (Å²) in [4.78, 5) is 15.9. The smallest absolute Gasteiger partial charge is 0.263 e. The summed E-state index contributed by atoms with van der Waals surface area (Å²) in [7, 11) is 0. The average Bonchev–Trinajstić information content (AvgIpc) is 2.48. The quantitative estimate of drug-likeness (QED) is 0.908. The molecule has 0 saturated heterocycles. The topological polar surface area (TPSA) is 51.2 Å². The summed E-state index contributed by atoms with van der Waals surface area (Å²) in [5.41, 5.74) is 2.11. The molecule has 1 N–H and O–H groups in total. The second-order valence-corrected chi connectivity index (χ2v) is 4.51. The van der Waals surface area contributed by atoms with Crippen LogP contribution in [0.2, 0.25) is 0 Å². The van der Waals surface area contributed by atoms with Gasteiger partial charge in [-0.1, -0.05) is 25.1 Å². The van der Waals surface area contributed by atoms with Crippen LogP contribution in [0.1, 0.15) is 18.1 Å². The van der Waals surface area contributed by atoms with Crippen LogP contribution < -0.4 is 10.1 Å². The van der Waals surface area contributed by atoms with Crippen LogP contribution in [-0.2, 0) is 11.2 Å². The van der Waals surface area contributed by atoms with E-state index in [1.54, 1.807) is 6.20 Å². The molecule has 1 amide bonds. The van der Waals surface area contributed by atoms with E-state index in [0.717, 1.165) is 12.0 Å². The number of nitrogens with one attached hydrogen (secondary N) is 1. The SMILES string of the molecule is CCc1cccc(OCC(=O)Nc2ncccc2C)c1. The lowest BCUT2D eigenvalue weighted by Gasteiger charge is -2.09. The summed E-state index contributed by atoms with van der Waals surface area (Å²) >= 11 is 0. The molecule has 2 aromatic rings. The molecule has 0 atom stereocenters. The zero-order valence-corrected chi connectivity index (χ0v) is 11.7. The van der Waals surface area contributed by atoms with Crippen molar-refractivity contribution in [2.45, 2.75) is 20.3 Å². The minimum Gasteiger partial charge on any atom is -0.484 e. The van der Waals surface area contributed by atoms with Crippen molar-refractivity contribution in [2.75, 3.05) is 11.9 Å². The van der Waals surface area contributed by atoms with Crippen molar-refractivity contribution in [1.29, 1.82) is 0 Å². The van der Waals surface area contributed by atoms with E-state index in [4.69, 9.17) is 4.74 Å². The maximum atomic E-state index is 11.8. The van der Waals surface area contributed by atoms with Crippen LogP contribution >= 0.6 is 0 Å². The lowest BCUT2D eigenvalue weighted by atomic mass is 10.2. The molecule has 0 spiro atoms. The summed E-state index contributed by atoms with van der Waals surface area (Å²) in [6.45, 7) is 3.95.